The third kappa shape index (κ3) is 3.36. The predicted octanol–water partition coefficient (Wildman–Crippen LogP) is 12.5. The molecule has 0 amide bonds. The maximum Gasteiger partial charge on any atom is 0.147 e. The number of pyridine rings is 1. The molecular formula is C48H31N3. The van der Waals surface area contributed by atoms with Gasteiger partial charge < -0.3 is 4.57 Å². The normalized spacial score (nSPS) is 13.8. The van der Waals surface area contributed by atoms with E-state index in [0.29, 0.717) is 0 Å². The van der Waals surface area contributed by atoms with Gasteiger partial charge in [-0.15, -0.1) is 0 Å². The molecule has 0 saturated heterocycles. The summed E-state index contributed by atoms with van der Waals surface area (Å²) < 4.78 is 4.87. The number of benzene rings is 8. The summed E-state index contributed by atoms with van der Waals surface area (Å²) in [5.41, 5.74) is 13.3. The maximum atomic E-state index is 5.24. The van der Waals surface area contributed by atoms with E-state index in [4.69, 9.17) is 4.98 Å². The second-order valence-electron chi connectivity index (χ2n) is 14.7. The van der Waals surface area contributed by atoms with Crippen LogP contribution in [0.15, 0.2) is 152 Å². The van der Waals surface area contributed by atoms with Crippen molar-refractivity contribution in [2.75, 3.05) is 0 Å². The lowest BCUT2D eigenvalue weighted by Crippen LogP contribution is -2.23. The molecule has 8 aromatic carbocycles. The molecule has 0 aliphatic heterocycles. The average molecular weight is 650 g/mol. The first-order valence-corrected chi connectivity index (χ1v) is 17.8. The van der Waals surface area contributed by atoms with Crippen molar-refractivity contribution in [1.29, 1.82) is 0 Å². The van der Waals surface area contributed by atoms with E-state index < -0.39 is 0 Å². The number of hydrogen-bond donors (Lipinski definition) is 0. The van der Waals surface area contributed by atoms with E-state index in [1.54, 1.807) is 0 Å². The molecule has 1 aliphatic rings. The van der Waals surface area contributed by atoms with Gasteiger partial charge in [-0.3, -0.25) is 4.40 Å². The van der Waals surface area contributed by atoms with Crippen LogP contribution < -0.4 is 0 Å². The molecule has 3 heteroatoms. The predicted molar refractivity (Wildman–Crippen MR) is 215 cm³/mol. The Kier molecular flexibility index (Phi) is 5.05. The number of aromatic nitrogens is 3. The zero-order chi connectivity index (χ0) is 33.6. The Hall–Kier alpha value is -6.45. The van der Waals surface area contributed by atoms with Gasteiger partial charge in [-0.05, 0) is 86.1 Å². The fraction of sp³-hybridized carbons (Fsp3) is 0.0625. The third-order valence-corrected chi connectivity index (χ3v) is 11.8. The second kappa shape index (κ2) is 9.41. The molecule has 51 heavy (non-hydrogen) atoms. The molecule has 12 rings (SSSR count). The summed E-state index contributed by atoms with van der Waals surface area (Å²) in [7, 11) is 0. The van der Waals surface area contributed by atoms with Crippen LogP contribution in [0, 0.1) is 0 Å². The van der Waals surface area contributed by atoms with Crippen molar-refractivity contribution < 1.29 is 0 Å². The van der Waals surface area contributed by atoms with Crippen molar-refractivity contribution in [1.82, 2.24) is 14.0 Å². The molecule has 0 saturated carbocycles. The summed E-state index contributed by atoms with van der Waals surface area (Å²) in [5.74, 6) is 0. The first-order valence-electron chi connectivity index (χ1n) is 17.8. The first kappa shape index (κ1) is 27.4. The van der Waals surface area contributed by atoms with Gasteiger partial charge in [0.05, 0.1) is 27.6 Å². The molecule has 3 aromatic heterocycles. The van der Waals surface area contributed by atoms with Crippen LogP contribution in [0.2, 0.25) is 0 Å². The van der Waals surface area contributed by atoms with E-state index in [1.807, 2.05) is 0 Å². The molecule has 3 nitrogen and oxygen atoms in total. The standard InChI is InChI=1S/C48H31N3/c1-48(2)36-17-7-5-15-33(36)46-43-29(13-11-18-37(43)48)26-42-45(46)34-16-6-9-20-39(34)50(42)30-23-25-40-35(27-30)32-24-22-28-12-3-4-14-31(28)44(32)47-49-38-19-8-10-21-41(38)51(40)47/h3-27H,1-2H3. The smallest absolute Gasteiger partial charge is 0.147 e. The van der Waals surface area contributed by atoms with Crippen LogP contribution in [0.3, 0.4) is 0 Å². The summed E-state index contributed by atoms with van der Waals surface area (Å²) in [5, 5.41) is 11.3. The molecule has 3 heterocycles. The summed E-state index contributed by atoms with van der Waals surface area (Å²) in [6.07, 6.45) is 0. The highest BCUT2D eigenvalue weighted by Gasteiger charge is 2.35. The number of fused-ring (bicyclic) bond motifs is 16. The summed E-state index contributed by atoms with van der Waals surface area (Å²) in [4.78, 5) is 5.24. The van der Waals surface area contributed by atoms with E-state index in [-0.39, 0.29) is 5.41 Å². The highest BCUT2D eigenvalue weighted by atomic mass is 15.0. The molecule has 11 aromatic rings. The minimum Gasteiger partial charge on any atom is -0.309 e. The van der Waals surface area contributed by atoms with Crippen molar-refractivity contribution >= 4 is 81.7 Å². The molecule has 238 valence electrons. The lowest BCUT2D eigenvalue weighted by atomic mass is 9.68. The molecule has 0 N–H and O–H groups in total. The van der Waals surface area contributed by atoms with E-state index >= 15 is 0 Å². The topological polar surface area (TPSA) is 22.2 Å². The highest BCUT2D eigenvalue weighted by Crippen LogP contribution is 2.53. The molecular weight excluding hydrogens is 619 g/mol. The number of hydrogen-bond acceptors (Lipinski definition) is 1. The van der Waals surface area contributed by atoms with E-state index in [1.165, 1.54) is 81.8 Å². The molecule has 0 unspecified atom stereocenters. The van der Waals surface area contributed by atoms with Crippen LogP contribution in [0.5, 0.6) is 0 Å². The van der Waals surface area contributed by atoms with Gasteiger partial charge in [0.2, 0.25) is 0 Å². The molecule has 0 bridgehead atoms. The Morgan fingerprint density at radius 3 is 2.14 bits per heavy atom. The lowest BCUT2D eigenvalue weighted by molar-refractivity contribution is 0.645. The quantitative estimate of drug-likeness (QED) is 0.162. The maximum absolute atomic E-state index is 5.24. The molecule has 1 aliphatic carbocycles. The monoisotopic (exact) mass is 649 g/mol. The zero-order valence-corrected chi connectivity index (χ0v) is 28.3. The van der Waals surface area contributed by atoms with Gasteiger partial charge in [-0.2, -0.15) is 0 Å². The first-order chi connectivity index (χ1) is 25.1. The SMILES string of the molecule is CC1(C)c2ccccc2-c2c3c1cccc3cc1c2c2ccccc2n1-c1ccc2c(c1)c1ccc3ccccc3c1c1nc3ccccc3n21. The van der Waals surface area contributed by atoms with Crippen LogP contribution in [-0.4, -0.2) is 14.0 Å². The van der Waals surface area contributed by atoms with Gasteiger partial charge in [-0.1, -0.05) is 123 Å². The van der Waals surface area contributed by atoms with Crippen molar-refractivity contribution in [3.8, 4) is 16.8 Å². The van der Waals surface area contributed by atoms with Crippen LogP contribution in [0.4, 0.5) is 0 Å². The third-order valence-electron chi connectivity index (χ3n) is 11.8. The summed E-state index contributed by atoms with van der Waals surface area (Å²) in [6.45, 7) is 4.75. The van der Waals surface area contributed by atoms with Gasteiger partial charge in [0, 0.05) is 38.2 Å². The van der Waals surface area contributed by atoms with Crippen molar-refractivity contribution in [3.05, 3.63) is 163 Å². The van der Waals surface area contributed by atoms with Crippen LogP contribution >= 0.6 is 0 Å². The van der Waals surface area contributed by atoms with Crippen molar-refractivity contribution in [3.63, 3.8) is 0 Å². The fourth-order valence-corrected chi connectivity index (χ4v) is 9.61. The summed E-state index contributed by atoms with van der Waals surface area (Å²) in [6, 6.07) is 56.1. The van der Waals surface area contributed by atoms with Gasteiger partial charge in [0.15, 0.2) is 0 Å². The Morgan fingerprint density at radius 2 is 1.22 bits per heavy atom. The van der Waals surface area contributed by atoms with Gasteiger partial charge in [-0.25, -0.2) is 4.98 Å². The van der Waals surface area contributed by atoms with Gasteiger partial charge >= 0.3 is 0 Å². The Balaban J connectivity index is 1.26. The van der Waals surface area contributed by atoms with E-state index in [9.17, 15) is 0 Å². The number of imidazole rings is 1. The fourth-order valence-electron chi connectivity index (χ4n) is 9.61. The van der Waals surface area contributed by atoms with Gasteiger partial charge in [0.1, 0.15) is 5.65 Å². The Morgan fingerprint density at radius 1 is 0.471 bits per heavy atom. The summed E-state index contributed by atoms with van der Waals surface area (Å²) >= 11 is 0. The van der Waals surface area contributed by atoms with Crippen LogP contribution in [-0.2, 0) is 5.41 Å². The molecule has 0 radical (unpaired) electrons. The lowest BCUT2D eigenvalue weighted by Gasteiger charge is -2.35. The number of para-hydroxylation sites is 3. The average Bonchev–Trinajstić information content (AvgIpc) is 3.72. The van der Waals surface area contributed by atoms with E-state index in [0.717, 1.165) is 27.9 Å². The van der Waals surface area contributed by atoms with Crippen LogP contribution in [0.25, 0.3) is 98.5 Å². The van der Waals surface area contributed by atoms with Crippen molar-refractivity contribution in [2.24, 2.45) is 0 Å². The Bertz CT molecular complexity index is 3340. The van der Waals surface area contributed by atoms with Crippen molar-refractivity contribution in [2.45, 2.75) is 19.3 Å². The van der Waals surface area contributed by atoms with Gasteiger partial charge in [0.25, 0.3) is 0 Å². The number of nitrogens with zero attached hydrogens (tertiary/aromatic N) is 3. The minimum absolute atomic E-state index is 0.0957. The zero-order valence-electron chi connectivity index (χ0n) is 28.3. The van der Waals surface area contributed by atoms with E-state index in [2.05, 4.69) is 174 Å². The molecule has 0 atom stereocenters. The second-order valence-corrected chi connectivity index (χ2v) is 14.7. The minimum atomic E-state index is -0.0957. The number of rotatable bonds is 1. The molecule has 0 spiro atoms. The highest BCUT2D eigenvalue weighted by molar-refractivity contribution is 6.26. The molecule has 0 fully saturated rings. The Labute approximate surface area is 293 Å². The van der Waals surface area contributed by atoms with Crippen LogP contribution in [0.1, 0.15) is 25.0 Å². The largest absolute Gasteiger partial charge is 0.309 e.